The molecule has 1 aromatic heterocycles. The number of nitrogens with two attached hydrogens (primary N) is 1. The van der Waals surface area contributed by atoms with Gasteiger partial charge < -0.3 is 10.3 Å². The molecule has 0 spiro atoms. The Morgan fingerprint density at radius 2 is 1.95 bits per heavy atom. The second-order valence-corrected chi connectivity index (χ2v) is 6.31. The van der Waals surface area contributed by atoms with E-state index >= 15 is 0 Å². The summed E-state index contributed by atoms with van der Waals surface area (Å²) in [7, 11) is 2.12. The van der Waals surface area contributed by atoms with E-state index in [-0.39, 0.29) is 0 Å². The molecule has 0 atom stereocenters. The largest absolute Gasteiger partial charge is 0.357 e. The molecule has 19 heavy (non-hydrogen) atoms. The van der Waals surface area contributed by atoms with E-state index < -0.39 is 0 Å². The van der Waals surface area contributed by atoms with Gasteiger partial charge in [0.05, 0.1) is 0 Å². The summed E-state index contributed by atoms with van der Waals surface area (Å²) < 4.78 is 0. The number of nitrogen functional groups attached to an aromatic ring is 1. The molecule has 1 fully saturated rings. The van der Waals surface area contributed by atoms with E-state index in [1.54, 1.807) is 0 Å². The Morgan fingerprint density at radius 3 is 2.53 bits per heavy atom. The van der Waals surface area contributed by atoms with Gasteiger partial charge in [-0.2, -0.15) is 0 Å². The molecule has 0 saturated heterocycles. The van der Waals surface area contributed by atoms with Gasteiger partial charge in [0.2, 0.25) is 0 Å². The molecule has 0 aliphatic heterocycles. The second-order valence-electron chi connectivity index (χ2n) is 6.31. The molecule has 1 aromatic rings. The molecule has 2 rings (SSSR count). The van der Waals surface area contributed by atoms with Crippen LogP contribution in [0.15, 0.2) is 6.07 Å². The van der Waals surface area contributed by atoms with E-state index in [1.165, 1.54) is 25.7 Å². The first-order valence-electron chi connectivity index (χ1n) is 6.96. The molecule has 5 nitrogen and oxygen atoms in total. The number of nitrogens with zero attached hydrogens (tertiary/aromatic N) is 3. The lowest BCUT2D eigenvalue weighted by Crippen LogP contribution is -2.37. The summed E-state index contributed by atoms with van der Waals surface area (Å²) in [5.41, 5.74) is 3.09. The normalized spacial score (nSPS) is 19.2. The summed E-state index contributed by atoms with van der Waals surface area (Å²) in [6.07, 6.45) is 4.98. The molecular formula is C14H25N5. The molecular weight excluding hydrogens is 238 g/mol. The van der Waals surface area contributed by atoms with Crippen LogP contribution in [0.5, 0.6) is 0 Å². The number of aromatic nitrogens is 2. The molecule has 0 aromatic carbocycles. The van der Waals surface area contributed by atoms with Gasteiger partial charge in [0, 0.05) is 19.2 Å². The highest BCUT2D eigenvalue weighted by atomic mass is 15.3. The monoisotopic (exact) mass is 263 g/mol. The van der Waals surface area contributed by atoms with Crippen LogP contribution in [0.25, 0.3) is 0 Å². The Bertz CT molecular complexity index is 433. The molecule has 1 aliphatic carbocycles. The molecule has 1 aliphatic rings. The van der Waals surface area contributed by atoms with Crippen LogP contribution in [0.3, 0.4) is 0 Å². The maximum atomic E-state index is 5.44. The van der Waals surface area contributed by atoms with E-state index in [9.17, 15) is 0 Å². The quantitative estimate of drug-likeness (QED) is 0.648. The topological polar surface area (TPSA) is 67.1 Å². The van der Waals surface area contributed by atoms with Gasteiger partial charge in [0.25, 0.3) is 0 Å². The second kappa shape index (κ2) is 5.33. The Morgan fingerprint density at radius 1 is 1.32 bits per heavy atom. The Balaban J connectivity index is 2.11. The fourth-order valence-corrected chi connectivity index (χ4v) is 2.76. The van der Waals surface area contributed by atoms with Crippen LogP contribution < -0.4 is 16.2 Å². The van der Waals surface area contributed by atoms with Gasteiger partial charge in [-0.3, -0.25) is 0 Å². The van der Waals surface area contributed by atoms with Crippen LogP contribution >= 0.6 is 0 Å². The van der Waals surface area contributed by atoms with Crippen molar-refractivity contribution >= 4 is 11.6 Å². The maximum Gasteiger partial charge on any atom is 0.145 e. The van der Waals surface area contributed by atoms with Gasteiger partial charge in [-0.15, -0.1) is 0 Å². The average Bonchev–Trinajstić information content (AvgIpc) is 2.37. The smallest absolute Gasteiger partial charge is 0.145 e. The van der Waals surface area contributed by atoms with Crippen molar-refractivity contribution in [2.75, 3.05) is 17.4 Å². The van der Waals surface area contributed by atoms with Crippen molar-refractivity contribution in [2.24, 2.45) is 11.3 Å². The van der Waals surface area contributed by atoms with Gasteiger partial charge >= 0.3 is 0 Å². The molecule has 0 unspecified atom stereocenters. The number of anilines is 2. The van der Waals surface area contributed by atoms with Gasteiger partial charge in [0.1, 0.15) is 17.5 Å². The van der Waals surface area contributed by atoms with Crippen molar-refractivity contribution in [3.8, 4) is 0 Å². The zero-order valence-electron chi connectivity index (χ0n) is 12.4. The van der Waals surface area contributed by atoms with E-state index in [0.29, 0.717) is 17.3 Å². The summed E-state index contributed by atoms with van der Waals surface area (Å²) >= 11 is 0. The Hall–Kier alpha value is -1.36. The van der Waals surface area contributed by atoms with E-state index in [0.717, 1.165) is 11.6 Å². The lowest BCUT2D eigenvalue weighted by atomic mass is 9.75. The van der Waals surface area contributed by atoms with Crippen LogP contribution in [0.4, 0.5) is 11.6 Å². The number of nitrogens with one attached hydrogen (secondary N) is 1. The number of aryl methyl sites for hydroxylation is 1. The lowest BCUT2D eigenvalue weighted by molar-refractivity contribution is 0.222. The predicted molar refractivity (Wildman–Crippen MR) is 79.0 cm³/mol. The molecule has 5 heteroatoms. The van der Waals surface area contributed by atoms with Crippen molar-refractivity contribution in [3.05, 3.63) is 11.9 Å². The van der Waals surface area contributed by atoms with Crippen molar-refractivity contribution in [1.82, 2.24) is 9.97 Å². The predicted octanol–water partition coefficient (Wildman–Crippen LogP) is 2.48. The highest BCUT2D eigenvalue weighted by Gasteiger charge is 2.29. The van der Waals surface area contributed by atoms with E-state index in [4.69, 9.17) is 5.84 Å². The average molecular weight is 263 g/mol. The summed E-state index contributed by atoms with van der Waals surface area (Å²) in [6.45, 7) is 6.60. The standard InChI is InChI=1S/C14H25N5/c1-10-16-12(18-15)9-13(17-10)19(4)11-5-7-14(2,3)8-6-11/h9,11H,5-8,15H2,1-4H3,(H,16,17,18). The summed E-state index contributed by atoms with van der Waals surface area (Å²) in [6, 6.07) is 2.47. The van der Waals surface area contributed by atoms with E-state index in [1.807, 2.05) is 13.0 Å². The molecule has 0 bridgehead atoms. The van der Waals surface area contributed by atoms with Crippen molar-refractivity contribution in [2.45, 2.75) is 52.5 Å². The van der Waals surface area contributed by atoms with E-state index in [2.05, 4.69) is 41.2 Å². The Labute approximate surface area is 115 Å². The first-order chi connectivity index (χ1) is 8.91. The van der Waals surface area contributed by atoms with Gasteiger partial charge in [-0.1, -0.05) is 13.8 Å². The van der Waals surface area contributed by atoms with Crippen molar-refractivity contribution in [3.63, 3.8) is 0 Å². The number of rotatable bonds is 3. The Kier molecular flexibility index (Phi) is 3.94. The zero-order valence-corrected chi connectivity index (χ0v) is 12.4. The highest BCUT2D eigenvalue weighted by Crippen LogP contribution is 2.37. The molecule has 1 saturated carbocycles. The summed E-state index contributed by atoms with van der Waals surface area (Å²) in [5, 5.41) is 0. The minimum Gasteiger partial charge on any atom is -0.357 e. The minimum atomic E-state index is 0.489. The highest BCUT2D eigenvalue weighted by molar-refractivity contribution is 5.49. The third-order valence-electron chi connectivity index (χ3n) is 4.19. The molecule has 1 heterocycles. The first kappa shape index (κ1) is 14.1. The first-order valence-corrected chi connectivity index (χ1v) is 6.96. The van der Waals surface area contributed by atoms with Crippen LogP contribution in [0.1, 0.15) is 45.4 Å². The number of hydrogen-bond acceptors (Lipinski definition) is 5. The minimum absolute atomic E-state index is 0.489. The summed E-state index contributed by atoms with van der Waals surface area (Å²) in [5.74, 6) is 7.81. The van der Waals surface area contributed by atoms with Gasteiger partial charge in [0.15, 0.2) is 0 Å². The van der Waals surface area contributed by atoms with Crippen LogP contribution in [-0.4, -0.2) is 23.1 Å². The fraction of sp³-hybridized carbons (Fsp3) is 0.714. The van der Waals surface area contributed by atoms with Crippen LogP contribution in [0.2, 0.25) is 0 Å². The SMILES string of the molecule is Cc1nc(NN)cc(N(C)C2CCC(C)(C)CC2)n1. The molecule has 3 N–H and O–H groups in total. The fourth-order valence-electron chi connectivity index (χ4n) is 2.76. The van der Waals surface area contributed by atoms with Crippen molar-refractivity contribution in [1.29, 1.82) is 0 Å². The molecule has 106 valence electrons. The van der Waals surface area contributed by atoms with Crippen LogP contribution in [0, 0.1) is 12.3 Å². The third kappa shape index (κ3) is 3.35. The maximum absolute atomic E-state index is 5.44. The number of hydrogen-bond donors (Lipinski definition) is 2. The zero-order chi connectivity index (χ0) is 14.0. The van der Waals surface area contributed by atoms with Gasteiger partial charge in [-0.25, -0.2) is 15.8 Å². The lowest BCUT2D eigenvalue weighted by Gasteiger charge is -2.39. The van der Waals surface area contributed by atoms with Gasteiger partial charge in [-0.05, 0) is 38.0 Å². The molecule has 0 radical (unpaired) electrons. The van der Waals surface area contributed by atoms with Crippen LogP contribution in [-0.2, 0) is 0 Å². The molecule has 0 amide bonds. The van der Waals surface area contributed by atoms with Crippen molar-refractivity contribution < 1.29 is 0 Å². The number of hydrazine groups is 1. The third-order valence-corrected chi connectivity index (χ3v) is 4.19. The summed E-state index contributed by atoms with van der Waals surface area (Å²) in [4.78, 5) is 11.0.